The van der Waals surface area contributed by atoms with Gasteiger partial charge in [0.15, 0.2) is 0 Å². The van der Waals surface area contributed by atoms with Gasteiger partial charge in [-0.25, -0.2) is 4.79 Å². The van der Waals surface area contributed by atoms with Crippen molar-refractivity contribution in [3.8, 4) is 0 Å². The largest absolute Gasteiger partial charge is 0.456 e. The topological polar surface area (TPSA) is 55.4 Å². The summed E-state index contributed by atoms with van der Waals surface area (Å²) in [5, 5.41) is 3.20. The van der Waals surface area contributed by atoms with Gasteiger partial charge in [-0.3, -0.25) is 4.79 Å². The Balaban J connectivity index is 1.82. The summed E-state index contributed by atoms with van der Waals surface area (Å²) in [5.74, 6) is -1.19. The lowest BCUT2D eigenvalue weighted by Gasteiger charge is -2.11. The van der Waals surface area contributed by atoms with E-state index in [1.807, 2.05) is 60.7 Å². The fourth-order valence-electron chi connectivity index (χ4n) is 2.53. The molecule has 3 rings (SSSR count). The van der Waals surface area contributed by atoms with Crippen LogP contribution >= 0.6 is 23.2 Å². The quantitative estimate of drug-likeness (QED) is 0.418. The molecule has 4 nitrogen and oxygen atoms in total. The SMILES string of the molecule is O=C(OCc1ccccc1)/C(=C/c1ccccc1)NC(=O)c1ccc(Cl)cc1Cl. The lowest BCUT2D eigenvalue weighted by Crippen LogP contribution is -2.28. The summed E-state index contributed by atoms with van der Waals surface area (Å²) < 4.78 is 5.37. The van der Waals surface area contributed by atoms with Gasteiger partial charge < -0.3 is 10.1 Å². The number of esters is 1. The highest BCUT2D eigenvalue weighted by Crippen LogP contribution is 2.21. The van der Waals surface area contributed by atoms with Crippen molar-refractivity contribution < 1.29 is 14.3 Å². The number of hydrogen-bond donors (Lipinski definition) is 1. The van der Waals surface area contributed by atoms with Gasteiger partial charge in [-0.2, -0.15) is 0 Å². The number of hydrogen-bond acceptors (Lipinski definition) is 3. The van der Waals surface area contributed by atoms with Gasteiger partial charge in [0.05, 0.1) is 10.6 Å². The van der Waals surface area contributed by atoms with Crippen molar-refractivity contribution in [1.82, 2.24) is 5.32 Å². The Morgan fingerprint density at radius 3 is 2.21 bits per heavy atom. The first-order valence-corrected chi connectivity index (χ1v) is 9.53. The lowest BCUT2D eigenvalue weighted by molar-refractivity contribution is -0.140. The van der Waals surface area contributed by atoms with Gasteiger partial charge in [0.1, 0.15) is 12.3 Å². The predicted molar refractivity (Wildman–Crippen MR) is 115 cm³/mol. The molecule has 0 aliphatic heterocycles. The number of amides is 1. The molecule has 0 heterocycles. The smallest absolute Gasteiger partial charge is 0.355 e. The van der Waals surface area contributed by atoms with Gasteiger partial charge in [0, 0.05) is 5.02 Å². The molecule has 0 spiro atoms. The predicted octanol–water partition coefficient (Wildman–Crippen LogP) is 5.51. The van der Waals surface area contributed by atoms with Crippen molar-refractivity contribution in [3.05, 3.63) is 111 Å². The van der Waals surface area contributed by atoms with Crippen LogP contribution in [-0.4, -0.2) is 11.9 Å². The second-order valence-electron chi connectivity index (χ2n) is 6.11. The molecule has 0 saturated heterocycles. The third kappa shape index (κ3) is 5.95. The van der Waals surface area contributed by atoms with Crippen LogP contribution in [0.2, 0.25) is 10.0 Å². The van der Waals surface area contributed by atoms with Gasteiger partial charge in [-0.1, -0.05) is 83.9 Å². The number of carbonyl (C=O) groups excluding carboxylic acids is 2. The molecular weight excluding hydrogens is 409 g/mol. The molecule has 0 radical (unpaired) electrons. The Hall–Kier alpha value is -3.08. The number of halogens is 2. The van der Waals surface area contributed by atoms with Crippen LogP contribution in [0.3, 0.4) is 0 Å². The van der Waals surface area contributed by atoms with Crippen molar-refractivity contribution in [2.24, 2.45) is 0 Å². The highest BCUT2D eigenvalue weighted by Gasteiger charge is 2.18. The number of ether oxygens (including phenoxy) is 1. The van der Waals surface area contributed by atoms with Crippen LogP contribution in [0, 0.1) is 0 Å². The summed E-state index contributed by atoms with van der Waals surface area (Å²) in [7, 11) is 0. The van der Waals surface area contributed by atoms with Crippen LogP contribution < -0.4 is 5.32 Å². The molecule has 1 amide bonds. The Labute approximate surface area is 178 Å². The normalized spacial score (nSPS) is 11.0. The van der Waals surface area contributed by atoms with E-state index < -0.39 is 11.9 Å². The van der Waals surface area contributed by atoms with Crippen LogP contribution in [0.1, 0.15) is 21.5 Å². The summed E-state index contributed by atoms with van der Waals surface area (Å²) >= 11 is 12.0. The van der Waals surface area contributed by atoms with E-state index in [-0.39, 0.29) is 22.9 Å². The zero-order valence-corrected chi connectivity index (χ0v) is 16.8. The summed E-state index contributed by atoms with van der Waals surface area (Å²) in [6.45, 7) is 0.0867. The second kappa shape index (κ2) is 9.92. The first-order valence-electron chi connectivity index (χ1n) is 8.77. The minimum Gasteiger partial charge on any atom is -0.456 e. The molecule has 146 valence electrons. The van der Waals surface area contributed by atoms with Gasteiger partial charge in [-0.15, -0.1) is 0 Å². The van der Waals surface area contributed by atoms with Crippen LogP contribution in [0.25, 0.3) is 6.08 Å². The van der Waals surface area contributed by atoms with Crippen LogP contribution in [0.15, 0.2) is 84.6 Å². The fraction of sp³-hybridized carbons (Fsp3) is 0.0435. The zero-order chi connectivity index (χ0) is 20.6. The molecule has 0 atom stereocenters. The summed E-state index contributed by atoms with van der Waals surface area (Å²) in [6.07, 6.45) is 1.55. The molecule has 3 aromatic rings. The first kappa shape index (κ1) is 20.6. The maximum atomic E-state index is 12.7. The zero-order valence-electron chi connectivity index (χ0n) is 15.3. The third-order valence-electron chi connectivity index (χ3n) is 3.97. The summed E-state index contributed by atoms with van der Waals surface area (Å²) in [4.78, 5) is 25.3. The molecular formula is C23H17Cl2NO3. The molecule has 0 aliphatic carbocycles. The minimum atomic E-state index is -0.656. The Morgan fingerprint density at radius 2 is 1.55 bits per heavy atom. The Morgan fingerprint density at radius 1 is 0.897 bits per heavy atom. The molecule has 0 fully saturated rings. The van der Waals surface area contributed by atoms with Gasteiger partial charge >= 0.3 is 5.97 Å². The number of nitrogens with one attached hydrogen (secondary N) is 1. The lowest BCUT2D eigenvalue weighted by atomic mass is 10.1. The first-order chi connectivity index (χ1) is 14.0. The van der Waals surface area contributed by atoms with Crippen LogP contribution in [-0.2, 0) is 16.1 Å². The van der Waals surface area contributed by atoms with E-state index in [2.05, 4.69) is 5.32 Å². The molecule has 3 aromatic carbocycles. The van der Waals surface area contributed by atoms with Crippen LogP contribution in [0.5, 0.6) is 0 Å². The highest BCUT2D eigenvalue weighted by molar-refractivity contribution is 6.36. The van der Waals surface area contributed by atoms with E-state index in [0.29, 0.717) is 5.02 Å². The maximum Gasteiger partial charge on any atom is 0.355 e. The summed E-state index contributed by atoms with van der Waals surface area (Å²) in [6, 6.07) is 22.9. The minimum absolute atomic E-state index is 0.00291. The number of benzene rings is 3. The Kier molecular flexibility index (Phi) is 7.06. The van der Waals surface area contributed by atoms with Crippen molar-refractivity contribution in [3.63, 3.8) is 0 Å². The third-order valence-corrected chi connectivity index (χ3v) is 4.52. The molecule has 0 unspecified atom stereocenters. The highest BCUT2D eigenvalue weighted by atomic mass is 35.5. The van der Waals surface area contributed by atoms with Crippen molar-refractivity contribution in [1.29, 1.82) is 0 Å². The standard InChI is InChI=1S/C23H17Cl2NO3/c24-18-11-12-19(20(25)14-18)22(27)26-21(13-16-7-3-1-4-8-16)23(28)29-15-17-9-5-2-6-10-17/h1-14H,15H2,(H,26,27)/b21-13-. The monoisotopic (exact) mass is 425 g/mol. The van der Waals surface area contributed by atoms with Crippen LogP contribution in [0.4, 0.5) is 0 Å². The Bertz CT molecular complexity index is 1030. The average Bonchev–Trinajstić information content (AvgIpc) is 2.73. The van der Waals surface area contributed by atoms with Gasteiger partial charge in [0.25, 0.3) is 5.91 Å². The van der Waals surface area contributed by atoms with Gasteiger partial charge in [-0.05, 0) is 35.4 Å². The number of rotatable bonds is 6. The summed E-state index contributed by atoms with van der Waals surface area (Å²) in [5.41, 5.74) is 1.78. The van der Waals surface area contributed by atoms with E-state index in [9.17, 15) is 9.59 Å². The molecule has 1 N–H and O–H groups in total. The van der Waals surface area contributed by atoms with E-state index in [1.54, 1.807) is 12.1 Å². The molecule has 0 bridgehead atoms. The number of carbonyl (C=O) groups is 2. The molecule has 0 aromatic heterocycles. The van der Waals surface area contributed by atoms with E-state index in [4.69, 9.17) is 27.9 Å². The molecule has 0 aliphatic rings. The molecule has 29 heavy (non-hydrogen) atoms. The molecule has 0 saturated carbocycles. The van der Waals surface area contributed by atoms with Crippen molar-refractivity contribution in [2.45, 2.75) is 6.61 Å². The van der Waals surface area contributed by atoms with Gasteiger partial charge in [0.2, 0.25) is 0 Å². The van der Waals surface area contributed by atoms with Crippen molar-refractivity contribution >= 4 is 41.2 Å². The second-order valence-corrected chi connectivity index (χ2v) is 6.95. The maximum absolute atomic E-state index is 12.7. The van der Waals surface area contributed by atoms with Crippen molar-refractivity contribution in [2.75, 3.05) is 0 Å². The van der Waals surface area contributed by atoms with E-state index >= 15 is 0 Å². The average molecular weight is 426 g/mol. The molecule has 6 heteroatoms. The fourth-order valence-corrected chi connectivity index (χ4v) is 3.02. The van der Waals surface area contributed by atoms with E-state index in [0.717, 1.165) is 11.1 Å². The van der Waals surface area contributed by atoms with E-state index in [1.165, 1.54) is 12.1 Å².